The van der Waals surface area contributed by atoms with Crippen molar-refractivity contribution in [3.63, 3.8) is 0 Å². The topological polar surface area (TPSA) is 57.0 Å². The van der Waals surface area contributed by atoms with Gasteiger partial charge >= 0.3 is 5.97 Å². The van der Waals surface area contributed by atoms with Gasteiger partial charge in [0.1, 0.15) is 0 Å². The molecule has 0 saturated carbocycles. The molecule has 0 radical (unpaired) electrons. The standard InChI is InChI=1S/C16H13N3O2/c1-21-16(20)14-11-15(12-7-9-17-10-8-12)19(18-14)13-5-3-2-4-6-13/h2-11H,1H3. The Morgan fingerprint density at radius 1 is 1.10 bits per heavy atom. The molecular formula is C16H13N3O2. The van der Waals surface area contributed by atoms with Crippen LogP contribution in [-0.2, 0) is 4.74 Å². The van der Waals surface area contributed by atoms with E-state index < -0.39 is 5.97 Å². The number of hydrogen-bond acceptors (Lipinski definition) is 4. The zero-order chi connectivity index (χ0) is 14.7. The molecule has 21 heavy (non-hydrogen) atoms. The average molecular weight is 279 g/mol. The van der Waals surface area contributed by atoms with Crippen LogP contribution in [0.4, 0.5) is 0 Å². The van der Waals surface area contributed by atoms with Crippen LogP contribution in [0.2, 0.25) is 0 Å². The number of methoxy groups -OCH3 is 1. The number of benzene rings is 1. The normalized spacial score (nSPS) is 10.3. The van der Waals surface area contributed by atoms with Crippen molar-refractivity contribution in [2.24, 2.45) is 0 Å². The van der Waals surface area contributed by atoms with Crippen LogP contribution < -0.4 is 0 Å². The van der Waals surface area contributed by atoms with Crippen LogP contribution in [0.3, 0.4) is 0 Å². The highest BCUT2D eigenvalue weighted by Crippen LogP contribution is 2.23. The van der Waals surface area contributed by atoms with Crippen LogP contribution in [0, 0.1) is 0 Å². The number of para-hydroxylation sites is 1. The first kappa shape index (κ1) is 13.1. The number of carbonyl (C=O) groups excluding carboxylic acids is 1. The lowest BCUT2D eigenvalue weighted by Gasteiger charge is -2.06. The summed E-state index contributed by atoms with van der Waals surface area (Å²) >= 11 is 0. The summed E-state index contributed by atoms with van der Waals surface area (Å²) in [6.07, 6.45) is 3.41. The Morgan fingerprint density at radius 3 is 2.48 bits per heavy atom. The van der Waals surface area contributed by atoms with E-state index in [0.29, 0.717) is 0 Å². The van der Waals surface area contributed by atoms with E-state index in [1.807, 2.05) is 42.5 Å². The summed E-state index contributed by atoms with van der Waals surface area (Å²) in [4.78, 5) is 15.7. The van der Waals surface area contributed by atoms with Gasteiger partial charge in [0.05, 0.1) is 18.5 Å². The smallest absolute Gasteiger partial charge is 0.358 e. The number of rotatable bonds is 3. The van der Waals surface area contributed by atoms with E-state index in [2.05, 4.69) is 10.1 Å². The van der Waals surface area contributed by atoms with Crippen molar-refractivity contribution < 1.29 is 9.53 Å². The van der Waals surface area contributed by atoms with E-state index in [1.54, 1.807) is 23.1 Å². The van der Waals surface area contributed by atoms with Gasteiger partial charge in [-0.2, -0.15) is 5.10 Å². The van der Waals surface area contributed by atoms with Gasteiger partial charge in [-0.05, 0) is 30.3 Å². The van der Waals surface area contributed by atoms with Crippen LogP contribution in [0.5, 0.6) is 0 Å². The molecule has 0 unspecified atom stereocenters. The number of ether oxygens (including phenoxy) is 1. The highest BCUT2D eigenvalue weighted by Gasteiger charge is 2.16. The Kier molecular flexibility index (Phi) is 3.47. The molecular weight excluding hydrogens is 266 g/mol. The van der Waals surface area contributed by atoms with Gasteiger partial charge in [-0.25, -0.2) is 9.48 Å². The number of aromatic nitrogens is 3. The van der Waals surface area contributed by atoms with Gasteiger partial charge < -0.3 is 4.74 Å². The molecule has 5 heteroatoms. The van der Waals surface area contributed by atoms with Crippen molar-refractivity contribution in [2.75, 3.05) is 7.11 Å². The Bertz CT molecular complexity index is 695. The first-order chi connectivity index (χ1) is 10.3. The first-order valence-corrected chi connectivity index (χ1v) is 6.44. The molecule has 3 rings (SSSR count). The van der Waals surface area contributed by atoms with Crippen molar-refractivity contribution in [1.29, 1.82) is 0 Å². The van der Waals surface area contributed by atoms with Gasteiger partial charge in [0, 0.05) is 18.0 Å². The first-order valence-electron chi connectivity index (χ1n) is 6.44. The predicted molar refractivity (Wildman–Crippen MR) is 78.1 cm³/mol. The zero-order valence-corrected chi connectivity index (χ0v) is 11.4. The van der Waals surface area contributed by atoms with Crippen LogP contribution >= 0.6 is 0 Å². The summed E-state index contributed by atoms with van der Waals surface area (Å²) in [6, 6.07) is 15.1. The quantitative estimate of drug-likeness (QED) is 0.692. The molecule has 0 aliphatic heterocycles. The summed E-state index contributed by atoms with van der Waals surface area (Å²) in [5, 5.41) is 4.35. The summed E-state index contributed by atoms with van der Waals surface area (Å²) in [7, 11) is 1.34. The van der Waals surface area contributed by atoms with Crippen molar-refractivity contribution in [2.45, 2.75) is 0 Å². The molecule has 1 aromatic carbocycles. The lowest BCUT2D eigenvalue weighted by molar-refractivity contribution is 0.0593. The Labute approximate surface area is 121 Å². The monoisotopic (exact) mass is 279 g/mol. The number of esters is 1. The molecule has 0 atom stereocenters. The molecule has 0 aliphatic carbocycles. The van der Waals surface area contributed by atoms with E-state index in [4.69, 9.17) is 4.74 Å². The maximum absolute atomic E-state index is 11.7. The number of hydrogen-bond donors (Lipinski definition) is 0. The van der Waals surface area contributed by atoms with Gasteiger partial charge in [-0.3, -0.25) is 4.98 Å². The van der Waals surface area contributed by atoms with Crippen LogP contribution in [0.1, 0.15) is 10.5 Å². The maximum Gasteiger partial charge on any atom is 0.358 e. The molecule has 5 nitrogen and oxygen atoms in total. The third-order valence-corrected chi connectivity index (χ3v) is 3.08. The van der Waals surface area contributed by atoms with Gasteiger partial charge in [-0.1, -0.05) is 18.2 Å². The van der Waals surface area contributed by atoms with E-state index in [0.717, 1.165) is 16.9 Å². The van der Waals surface area contributed by atoms with Crippen molar-refractivity contribution in [3.8, 4) is 16.9 Å². The molecule has 0 N–H and O–H groups in total. The highest BCUT2D eigenvalue weighted by molar-refractivity contribution is 5.88. The minimum absolute atomic E-state index is 0.271. The van der Waals surface area contributed by atoms with Gasteiger partial charge in [0.2, 0.25) is 0 Å². The molecule has 0 amide bonds. The molecule has 0 aliphatic rings. The second-order valence-corrected chi connectivity index (χ2v) is 4.39. The molecule has 2 heterocycles. The molecule has 0 bridgehead atoms. The zero-order valence-electron chi connectivity index (χ0n) is 11.4. The third kappa shape index (κ3) is 2.53. The predicted octanol–water partition coefficient (Wildman–Crippen LogP) is 2.72. The van der Waals surface area contributed by atoms with Crippen molar-refractivity contribution in [3.05, 3.63) is 66.6 Å². The van der Waals surface area contributed by atoms with Gasteiger partial charge in [0.15, 0.2) is 5.69 Å². The number of carbonyl (C=O) groups is 1. The summed E-state index contributed by atoms with van der Waals surface area (Å²) in [5.41, 5.74) is 2.88. The summed E-state index contributed by atoms with van der Waals surface area (Å²) in [6.45, 7) is 0. The Balaban J connectivity index is 2.18. The molecule has 2 aromatic heterocycles. The Morgan fingerprint density at radius 2 is 1.81 bits per heavy atom. The average Bonchev–Trinajstić information content (AvgIpc) is 3.01. The number of nitrogens with zero attached hydrogens (tertiary/aromatic N) is 3. The van der Waals surface area contributed by atoms with E-state index in [9.17, 15) is 4.79 Å². The summed E-state index contributed by atoms with van der Waals surface area (Å²) < 4.78 is 6.47. The fourth-order valence-corrected chi connectivity index (χ4v) is 2.08. The largest absolute Gasteiger partial charge is 0.464 e. The fraction of sp³-hybridized carbons (Fsp3) is 0.0625. The van der Waals surface area contributed by atoms with E-state index >= 15 is 0 Å². The van der Waals surface area contributed by atoms with Crippen LogP contribution in [0.15, 0.2) is 60.9 Å². The second-order valence-electron chi connectivity index (χ2n) is 4.39. The van der Waals surface area contributed by atoms with E-state index in [-0.39, 0.29) is 5.69 Å². The van der Waals surface area contributed by atoms with Gasteiger partial charge in [-0.15, -0.1) is 0 Å². The Hall–Kier alpha value is -2.95. The lowest BCUT2D eigenvalue weighted by Crippen LogP contribution is -2.04. The summed E-state index contributed by atoms with van der Waals surface area (Å²) in [5.74, 6) is -0.458. The molecule has 0 spiro atoms. The van der Waals surface area contributed by atoms with E-state index in [1.165, 1.54) is 7.11 Å². The maximum atomic E-state index is 11.7. The fourth-order valence-electron chi connectivity index (χ4n) is 2.08. The molecule has 3 aromatic rings. The lowest BCUT2D eigenvalue weighted by atomic mass is 10.2. The van der Waals surface area contributed by atoms with Gasteiger partial charge in [0.25, 0.3) is 0 Å². The molecule has 0 saturated heterocycles. The van der Waals surface area contributed by atoms with Crippen LogP contribution in [-0.4, -0.2) is 27.8 Å². The third-order valence-electron chi connectivity index (χ3n) is 3.08. The number of pyridine rings is 1. The SMILES string of the molecule is COC(=O)c1cc(-c2ccncc2)n(-c2ccccc2)n1. The highest BCUT2D eigenvalue weighted by atomic mass is 16.5. The second kappa shape index (κ2) is 5.58. The molecule has 104 valence electrons. The minimum Gasteiger partial charge on any atom is -0.464 e. The van der Waals surface area contributed by atoms with Crippen molar-refractivity contribution in [1.82, 2.24) is 14.8 Å². The van der Waals surface area contributed by atoms with Crippen LogP contribution in [0.25, 0.3) is 16.9 Å². The molecule has 0 fully saturated rings. The minimum atomic E-state index is -0.458. The van der Waals surface area contributed by atoms with Crippen molar-refractivity contribution >= 4 is 5.97 Å².